The summed E-state index contributed by atoms with van der Waals surface area (Å²) in [6.45, 7) is 4.28. The van der Waals surface area contributed by atoms with E-state index in [1.54, 1.807) is 25.3 Å². The van der Waals surface area contributed by atoms with E-state index in [-0.39, 0.29) is 5.69 Å². The van der Waals surface area contributed by atoms with Gasteiger partial charge in [-0.2, -0.15) is 0 Å². The van der Waals surface area contributed by atoms with Crippen molar-refractivity contribution in [2.45, 2.75) is 20.4 Å². The highest BCUT2D eigenvalue weighted by Gasteiger charge is 2.15. The van der Waals surface area contributed by atoms with Crippen molar-refractivity contribution in [1.29, 1.82) is 0 Å². The molecule has 1 N–H and O–H groups in total. The van der Waals surface area contributed by atoms with Gasteiger partial charge in [0.15, 0.2) is 0 Å². The number of hydrogen-bond acceptors (Lipinski definition) is 5. The third-order valence-electron chi connectivity index (χ3n) is 3.08. The quantitative estimate of drug-likeness (QED) is 0.675. The van der Waals surface area contributed by atoms with Crippen molar-refractivity contribution in [1.82, 2.24) is 10.3 Å². The van der Waals surface area contributed by atoms with Crippen LogP contribution in [-0.2, 0) is 6.54 Å². The number of ether oxygens (including phenoxy) is 1. The monoisotopic (exact) mass is 287 g/mol. The molecule has 0 fully saturated rings. The molecular formula is C15H17N3O3. The number of nitro groups is 1. The summed E-state index contributed by atoms with van der Waals surface area (Å²) in [5, 5.41) is 14.0. The molecule has 0 aliphatic rings. The Labute approximate surface area is 122 Å². The Balaban J connectivity index is 2.26. The maximum Gasteiger partial charge on any atom is 0.276 e. The highest BCUT2D eigenvalue weighted by atomic mass is 16.6. The molecule has 6 heteroatoms. The van der Waals surface area contributed by atoms with Gasteiger partial charge in [-0.05, 0) is 38.1 Å². The standard InChI is InChI=1S/C15H17N3O3/c1-10-6-11(2)14(7-13(10)18(19)20)21-15-5-4-12(8-16-3)9-17-15/h4-7,9,16H,8H2,1-3H3. The van der Waals surface area contributed by atoms with E-state index in [4.69, 9.17) is 4.74 Å². The molecule has 0 aliphatic heterocycles. The number of hydrogen-bond donors (Lipinski definition) is 1. The van der Waals surface area contributed by atoms with E-state index in [1.165, 1.54) is 6.07 Å². The van der Waals surface area contributed by atoms with E-state index >= 15 is 0 Å². The molecule has 110 valence electrons. The summed E-state index contributed by atoms with van der Waals surface area (Å²) in [6.07, 6.45) is 1.71. The first-order valence-electron chi connectivity index (χ1n) is 6.54. The van der Waals surface area contributed by atoms with E-state index in [0.29, 0.717) is 17.2 Å². The Morgan fingerprint density at radius 1 is 1.29 bits per heavy atom. The fourth-order valence-corrected chi connectivity index (χ4v) is 2.02. The van der Waals surface area contributed by atoms with Gasteiger partial charge in [0, 0.05) is 24.4 Å². The van der Waals surface area contributed by atoms with Gasteiger partial charge in [0.2, 0.25) is 5.88 Å². The van der Waals surface area contributed by atoms with Gasteiger partial charge < -0.3 is 10.1 Å². The number of pyridine rings is 1. The molecule has 0 atom stereocenters. The zero-order chi connectivity index (χ0) is 15.4. The molecule has 0 spiro atoms. The van der Waals surface area contributed by atoms with Gasteiger partial charge in [0.05, 0.1) is 11.0 Å². The Morgan fingerprint density at radius 3 is 2.62 bits per heavy atom. The van der Waals surface area contributed by atoms with Crippen LogP contribution in [0, 0.1) is 24.0 Å². The number of nitrogens with one attached hydrogen (secondary N) is 1. The Hall–Kier alpha value is -2.47. The highest BCUT2D eigenvalue weighted by Crippen LogP contribution is 2.30. The summed E-state index contributed by atoms with van der Waals surface area (Å²) in [6, 6.07) is 6.82. The summed E-state index contributed by atoms with van der Waals surface area (Å²) in [5.74, 6) is 0.859. The lowest BCUT2D eigenvalue weighted by atomic mass is 10.1. The molecule has 1 aromatic carbocycles. The zero-order valence-corrected chi connectivity index (χ0v) is 12.2. The van der Waals surface area contributed by atoms with Gasteiger partial charge >= 0.3 is 0 Å². The van der Waals surface area contributed by atoms with Crippen molar-refractivity contribution >= 4 is 5.69 Å². The predicted molar refractivity (Wildman–Crippen MR) is 79.6 cm³/mol. The van der Waals surface area contributed by atoms with Crippen molar-refractivity contribution in [2.24, 2.45) is 0 Å². The van der Waals surface area contributed by atoms with Crippen molar-refractivity contribution in [3.63, 3.8) is 0 Å². The molecule has 6 nitrogen and oxygen atoms in total. The molecule has 0 saturated carbocycles. The van der Waals surface area contributed by atoms with E-state index < -0.39 is 4.92 Å². The second-order valence-corrected chi connectivity index (χ2v) is 4.80. The average Bonchev–Trinajstić information content (AvgIpc) is 2.43. The van der Waals surface area contributed by atoms with Crippen LogP contribution in [-0.4, -0.2) is 17.0 Å². The molecule has 2 rings (SSSR count). The Bertz CT molecular complexity index is 654. The van der Waals surface area contributed by atoms with E-state index in [2.05, 4.69) is 10.3 Å². The van der Waals surface area contributed by atoms with Crippen LogP contribution in [0.1, 0.15) is 16.7 Å². The van der Waals surface area contributed by atoms with Crippen LogP contribution in [0.3, 0.4) is 0 Å². The third-order valence-corrected chi connectivity index (χ3v) is 3.08. The molecule has 0 aliphatic carbocycles. The van der Waals surface area contributed by atoms with Crippen LogP contribution in [0.2, 0.25) is 0 Å². The third kappa shape index (κ3) is 3.55. The van der Waals surface area contributed by atoms with Gasteiger partial charge in [0.25, 0.3) is 5.69 Å². The second kappa shape index (κ2) is 6.32. The lowest BCUT2D eigenvalue weighted by molar-refractivity contribution is -0.385. The first-order valence-corrected chi connectivity index (χ1v) is 6.54. The van der Waals surface area contributed by atoms with E-state index in [1.807, 2.05) is 20.0 Å². The van der Waals surface area contributed by atoms with Crippen LogP contribution in [0.5, 0.6) is 11.6 Å². The maximum absolute atomic E-state index is 11.0. The van der Waals surface area contributed by atoms with Crippen LogP contribution >= 0.6 is 0 Å². The van der Waals surface area contributed by atoms with Crippen molar-refractivity contribution in [2.75, 3.05) is 7.05 Å². The molecule has 1 aromatic heterocycles. The summed E-state index contributed by atoms with van der Waals surface area (Å²) in [4.78, 5) is 14.8. The molecule has 0 bridgehead atoms. The number of aromatic nitrogens is 1. The van der Waals surface area contributed by atoms with Crippen LogP contribution < -0.4 is 10.1 Å². The fraction of sp³-hybridized carbons (Fsp3) is 0.267. The van der Waals surface area contributed by atoms with Gasteiger partial charge in [-0.25, -0.2) is 4.98 Å². The molecule has 21 heavy (non-hydrogen) atoms. The summed E-state index contributed by atoms with van der Waals surface area (Å²) in [5.41, 5.74) is 2.53. The van der Waals surface area contributed by atoms with E-state index in [9.17, 15) is 10.1 Å². The van der Waals surface area contributed by atoms with Crippen LogP contribution in [0.25, 0.3) is 0 Å². The van der Waals surface area contributed by atoms with E-state index in [0.717, 1.165) is 17.7 Å². The largest absolute Gasteiger partial charge is 0.439 e. The Morgan fingerprint density at radius 2 is 2.05 bits per heavy atom. The first-order chi connectivity index (χ1) is 10.0. The maximum atomic E-state index is 11.0. The SMILES string of the molecule is CNCc1ccc(Oc2cc([N+](=O)[O-])c(C)cc2C)nc1. The normalized spacial score (nSPS) is 10.4. The lowest BCUT2D eigenvalue weighted by Crippen LogP contribution is -2.05. The molecular weight excluding hydrogens is 270 g/mol. The molecule has 0 radical (unpaired) electrons. The number of aryl methyl sites for hydroxylation is 2. The number of nitro benzene ring substituents is 1. The summed E-state index contributed by atoms with van der Waals surface area (Å²) < 4.78 is 5.65. The molecule has 2 aromatic rings. The van der Waals surface area contributed by atoms with Crippen molar-refractivity contribution < 1.29 is 9.66 Å². The van der Waals surface area contributed by atoms with Crippen molar-refractivity contribution in [3.8, 4) is 11.6 Å². The lowest BCUT2D eigenvalue weighted by Gasteiger charge is -2.09. The molecule has 0 saturated heterocycles. The Kier molecular flexibility index (Phi) is 4.49. The topological polar surface area (TPSA) is 77.3 Å². The summed E-state index contributed by atoms with van der Waals surface area (Å²) in [7, 11) is 1.86. The highest BCUT2D eigenvalue weighted by molar-refractivity contribution is 5.50. The average molecular weight is 287 g/mol. The number of rotatable bonds is 5. The predicted octanol–water partition coefficient (Wildman–Crippen LogP) is 3.12. The number of nitrogens with zero attached hydrogens (tertiary/aromatic N) is 2. The van der Waals surface area contributed by atoms with Gasteiger partial charge in [-0.15, -0.1) is 0 Å². The van der Waals surface area contributed by atoms with Gasteiger partial charge in [-0.3, -0.25) is 10.1 Å². The smallest absolute Gasteiger partial charge is 0.276 e. The number of benzene rings is 1. The molecule has 0 unspecified atom stereocenters. The fourth-order valence-electron chi connectivity index (χ4n) is 2.02. The van der Waals surface area contributed by atoms with Crippen molar-refractivity contribution in [3.05, 3.63) is 57.3 Å². The minimum absolute atomic E-state index is 0.0439. The van der Waals surface area contributed by atoms with Crippen LogP contribution in [0.4, 0.5) is 5.69 Å². The van der Waals surface area contributed by atoms with Crippen LogP contribution in [0.15, 0.2) is 30.5 Å². The molecule has 1 heterocycles. The van der Waals surface area contributed by atoms with Gasteiger partial charge in [-0.1, -0.05) is 6.07 Å². The zero-order valence-electron chi connectivity index (χ0n) is 12.2. The minimum Gasteiger partial charge on any atom is -0.439 e. The molecule has 0 amide bonds. The summed E-state index contributed by atoms with van der Waals surface area (Å²) >= 11 is 0. The first kappa shape index (κ1) is 14.9. The second-order valence-electron chi connectivity index (χ2n) is 4.80. The minimum atomic E-state index is -0.412. The van der Waals surface area contributed by atoms with Gasteiger partial charge in [0.1, 0.15) is 5.75 Å².